The lowest BCUT2D eigenvalue weighted by atomic mass is 10.0. The molecule has 1 aliphatic rings. The quantitative estimate of drug-likeness (QED) is 0.369. The van der Waals surface area contributed by atoms with Crippen LogP contribution in [0.1, 0.15) is 12.8 Å². The zero-order valence-electron chi connectivity index (χ0n) is 20.7. The Morgan fingerprint density at radius 1 is 0.949 bits per heavy atom. The molecule has 0 saturated carbocycles. The third kappa shape index (κ3) is 5.31. The van der Waals surface area contributed by atoms with Crippen molar-refractivity contribution >= 4 is 49.9 Å². The highest BCUT2D eigenvalue weighted by atomic mass is 35.5. The summed E-state index contributed by atoms with van der Waals surface area (Å²) in [5, 5.41) is 1.92. The van der Waals surface area contributed by atoms with Crippen LogP contribution in [-0.4, -0.2) is 48.2 Å². The van der Waals surface area contributed by atoms with Gasteiger partial charge in [-0.3, -0.25) is 19.0 Å². The van der Waals surface area contributed by atoms with Crippen molar-refractivity contribution in [2.24, 2.45) is 5.73 Å². The van der Waals surface area contributed by atoms with Gasteiger partial charge in [-0.15, -0.1) is 0 Å². The lowest BCUT2D eigenvalue weighted by Crippen LogP contribution is -2.56. The van der Waals surface area contributed by atoms with Crippen LogP contribution in [0.5, 0.6) is 0 Å². The monoisotopic (exact) mass is 564 g/mol. The molecule has 1 saturated heterocycles. The van der Waals surface area contributed by atoms with Crippen LogP contribution in [0.15, 0.2) is 94.7 Å². The van der Waals surface area contributed by atoms with Crippen LogP contribution in [0.25, 0.3) is 16.5 Å². The first-order chi connectivity index (χ1) is 18.6. The van der Waals surface area contributed by atoms with Crippen LogP contribution < -0.4 is 16.2 Å². The number of nitrogens with zero attached hydrogens (tertiary/aromatic N) is 3. The van der Waals surface area contributed by atoms with E-state index in [-0.39, 0.29) is 16.9 Å². The summed E-state index contributed by atoms with van der Waals surface area (Å²) in [6.07, 6.45) is 2.40. The van der Waals surface area contributed by atoms with Gasteiger partial charge in [0.25, 0.3) is 5.56 Å². The van der Waals surface area contributed by atoms with E-state index >= 15 is 0 Å². The molecule has 11 heteroatoms. The highest BCUT2D eigenvalue weighted by Gasteiger charge is 2.41. The topological polar surface area (TPSA) is 123 Å². The van der Waals surface area contributed by atoms with Crippen LogP contribution in [0.4, 0.5) is 5.69 Å². The van der Waals surface area contributed by atoms with Crippen molar-refractivity contribution < 1.29 is 18.0 Å². The minimum absolute atomic E-state index is 0.0545. The zero-order valence-corrected chi connectivity index (χ0v) is 22.3. The Morgan fingerprint density at radius 2 is 1.64 bits per heavy atom. The van der Waals surface area contributed by atoms with E-state index in [1.807, 2.05) is 0 Å². The molecule has 1 atom stereocenters. The van der Waals surface area contributed by atoms with Gasteiger partial charge >= 0.3 is 0 Å². The van der Waals surface area contributed by atoms with Gasteiger partial charge in [0.05, 0.1) is 11.4 Å². The number of amides is 2. The van der Waals surface area contributed by atoms with E-state index in [4.69, 9.17) is 17.3 Å². The number of hydrogen-bond donors (Lipinski definition) is 1. The minimum atomic E-state index is -4.27. The number of carbonyl (C=O) groups excluding carboxylic acids is 2. The van der Waals surface area contributed by atoms with Crippen molar-refractivity contribution in [3.63, 3.8) is 0 Å². The van der Waals surface area contributed by atoms with E-state index in [0.29, 0.717) is 34.7 Å². The Kier molecular flexibility index (Phi) is 7.26. The van der Waals surface area contributed by atoms with Gasteiger partial charge in [0.1, 0.15) is 6.04 Å². The largest absolute Gasteiger partial charge is 0.369 e. The fourth-order valence-corrected chi connectivity index (χ4v) is 6.62. The summed E-state index contributed by atoms with van der Waals surface area (Å²) in [4.78, 5) is 39.3. The second-order valence-electron chi connectivity index (χ2n) is 9.24. The lowest BCUT2D eigenvalue weighted by molar-refractivity contribution is -0.125. The number of sulfonamides is 1. The Bertz CT molecular complexity index is 1740. The van der Waals surface area contributed by atoms with Gasteiger partial charge in [0, 0.05) is 35.2 Å². The molecular formula is C28H25ClN4O5S. The van der Waals surface area contributed by atoms with Crippen LogP contribution in [-0.2, 0) is 19.6 Å². The molecule has 3 aromatic carbocycles. The molecule has 0 bridgehead atoms. The number of primary amides is 1. The van der Waals surface area contributed by atoms with Crippen molar-refractivity contribution in [3.8, 4) is 5.69 Å². The molecule has 2 amide bonds. The summed E-state index contributed by atoms with van der Waals surface area (Å²) in [6.45, 7) is -0.262. The lowest BCUT2D eigenvalue weighted by Gasteiger charge is -2.37. The molecule has 0 aliphatic carbocycles. The van der Waals surface area contributed by atoms with Crippen molar-refractivity contribution in [2.45, 2.75) is 23.8 Å². The fourth-order valence-electron chi connectivity index (χ4n) is 4.82. The predicted molar refractivity (Wildman–Crippen MR) is 149 cm³/mol. The fraction of sp³-hybridized carbons (Fsp3) is 0.179. The van der Waals surface area contributed by atoms with Gasteiger partial charge in [0.2, 0.25) is 21.8 Å². The third-order valence-corrected chi connectivity index (χ3v) is 8.80. The van der Waals surface area contributed by atoms with Crippen LogP contribution in [0.3, 0.4) is 0 Å². The number of benzene rings is 3. The number of piperidine rings is 1. The first-order valence-corrected chi connectivity index (χ1v) is 14.1. The number of hydrogen-bond acceptors (Lipinski definition) is 5. The molecule has 9 nitrogen and oxygen atoms in total. The van der Waals surface area contributed by atoms with Crippen LogP contribution >= 0.6 is 11.6 Å². The minimum Gasteiger partial charge on any atom is -0.369 e. The third-order valence-electron chi connectivity index (χ3n) is 6.71. The van der Waals surface area contributed by atoms with Gasteiger partial charge in [0.15, 0.2) is 0 Å². The molecule has 2 N–H and O–H groups in total. The van der Waals surface area contributed by atoms with E-state index in [2.05, 4.69) is 0 Å². The summed E-state index contributed by atoms with van der Waals surface area (Å²) in [7, 11) is -4.27. The molecule has 1 aliphatic heterocycles. The SMILES string of the molecule is NC(=O)CN(C1CCCN(c2ccc(-n3ccccc3=O)cc2)C1=O)S(=O)(=O)c1ccc2cc(Cl)ccc2c1. The molecule has 2 heterocycles. The number of rotatable bonds is 7. The van der Waals surface area contributed by atoms with E-state index < -0.39 is 34.4 Å². The van der Waals surface area contributed by atoms with Crippen LogP contribution in [0.2, 0.25) is 5.02 Å². The van der Waals surface area contributed by atoms with Gasteiger partial charge in [-0.2, -0.15) is 4.31 Å². The van der Waals surface area contributed by atoms with Gasteiger partial charge < -0.3 is 10.6 Å². The normalized spacial score (nSPS) is 16.1. The summed E-state index contributed by atoms with van der Waals surface area (Å²) >= 11 is 6.05. The van der Waals surface area contributed by atoms with Crippen molar-refractivity contribution in [3.05, 3.63) is 100 Å². The second kappa shape index (κ2) is 10.6. The summed E-state index contributed by atoms with van der Waals surface area (Å²) in [6, 6.07) is 20.2. The molecule has 1 unspecified atom stereocenters. The Labute approximate surface area is 230 Å². The number of anilines is 1. The highest BCUT2D eigenvalue weighted by Crippen LogP contribution is 2.30. The zero-order chi connectivity index (χ0) is 27.7. The Morgan fingerprint density at radius 3 is 2.36 bits per heavy atom. The van der Waals surface area contributed by atoms with E-state index in [1.54, 1.807) is 66.9 Å². The Balaban J connectivity index is 1.46. The first-order valence-electron chi connectivity index (χ1n) is 12.2. The number of nitrogens with two attached hydrogens (primary N) is 1. The average Bonchev–Trinajstić information content (AvgIpc) is 2.92. The first kappa shape index (κ1) is 26.6. The second-order valence-corrected chi connectivity index (χ2v) is 11.6. The van der Waals surface area contributed by atoms with E-state index in [9.17, 15) is 22.8 Å². The van der Waals surface area contributed by atoms with E-state index in [0.717, 1.165) is 9.69 Å². The molecule has 4 aromatic rings. The van der Waals surface area contributed by atoms with Gasteiger partial charge in [-0.1, -0.05) is 29.8 Å². The molecule has 0 spiro atoms. The molecule has 200 valence electrons. The molecule has 5 rings (SSSR count). The maximum atomic E-state index is 13.8. The average molecular weight is 565 g/mol. The molecular weight excluding hydrogens is 540 g/mol. The molecule has 39 heavy (non-hydrogen) atoms. The smallest absolute Gasteiger partial charge is 0.255 e. The number of carbonyl (C=O) groups is 2. The van der Waals surface area contributed by atoms with Crippen molar-refractivity contribution in [1.82, 2.24) is 8.87 Å². The maximum absolute atomic E-state index is 13.8. The number of fused-ring (bicyclic) bond motifs is 1. The standard InChI is InChI=1S/C28H25ClN4O5S/c29-21-8-6-20-17-24(13-7-19(20)16-21)39(37,38)33(18-26(30)34)25-4-3-15-32(28(25)36)23-11-9-22(10-12-23)31-14-2-1-5-27(31)35/h1-2,5-14,16-17,25H,3-4,15,18H2,(H2,30,34). The Hall–Kier alpha value is -3.99. The predicted octanol–water partition coefficient (Wildman–Crippen LogP) is 3.32. The van der Waals surface area contributed by atoms with E-state index in [1.165, 1.54) is 27.7 Å². The molecule has 1 aromatic heterocycles. The van der Waals surface area contributed by atoms with Crippen molar-refractivity contribution in [1.29, 1.82) is 0 Å². The highest BCUT2D eigenvalue weighted by molar-refractivity contribution is 7.89. The summed E-state index contributed by atoms with van der Waals surface area (Å²) < 4.78 is 30.0. The maximum Gasteiger partial charge on any atom is 0.255 e. The molecule has 1 fully saturated rings. The molecule has 0 radical (unpaired) electrons. The summed E-state index contributed by atoms with van der Waals surface area (Å²) in [5.74, 6) is -1.32. The van der Waals surface area contributed by atoms with Crippen LogP contribution in [0, 0.1) is 0 Å². The summed E-state index contributed by atoms with van der Waals surface area (Å²) in [5.41, 5.74) is 6.43. The van der Waals surface area contributed by atoms with Crippen molar-refractivity contribution in [2.75, 3.05) is 18.0 Å². The number of pyridine rings is 1. The number of aromatic nitrogens is 1. The van der Waals surface area contributed by atoms with Gasteiger partial charge in [-0.05, 0) is 78.2 Å². The number of halogens is 1. The van der Waals surface area contributed by atoms with Gasteiger partial charge in [-0.25, -0.2) is 8.42 Å².